The SMILES string of the molecule is CC1=CC(CN2CCC(O)CC2)C(C(C)C)CC1Cc1nnc(-c2ccc([NH+]([O-])O)cc2)o1. The van der Waals surface area contributed by atoms with Crippen molar-refractivity contribution in [2.24, 2.45) is 23.7 Å². The predicted octanol–water partition coefficient (Wildman–Crippen LogP) is 2.99. The van der Waals surface area contributed by atoms with Gasteiger partial charge in [-0.25, -0.2) is 5.21 Å². The normalized spacial score (nSPS) is 25.9. The van der Waals surface area contributed by atoms with Gasteiger partial charge < -0.3 is 19.6 Å². The summed E-state index contributed by atoms with van der Waals surface area (Å²) in [6.45, 7) is 9.88. The quantitative estimate of drug-likeness (QED) is 0.434. The lowest BCUT2D eigenvalue weighted by molar-refractivity contribution is -0.991. The number of hydrogen-bond acceptors (Lipinski definition) is 7. The molecule has 33 heavy (non-hydrogen) atoms. The van der Waals surface area contributed by atoms with Crippen LogP contribution in [-0.2, 0) is 6.42 Å². The van der Waals surface area contributed by atoms with Gasteiger partial charge in [0.15, 0.2) is 5.69 Å². The van der Waals surface area contributed by atoms with Crippen molar-refractivity contribution in [1.82, 2.24) is 15.1 Å². The van der Waals surface area contributed by atoms with Gasteiger partial charge in [0.1, 0.15) is 0 Å². The maximum Gasteiger partial charge on any atom is 0.247 e. The fourth-order valence-electron chi connectivity index (χ4n) is 5.30. The smallest absolute Gasteiger partial charge is 0.247 e. The molecule has 3 N–H and O–H groups in total. The number of likely N-dealkylation sites (tertiary alicyclic amines) is 1. The zero-order chi connectivity index (χ0) is 23.5. The fourth-order valence-corrected chi connectivity index (χ4v) is 5.30. The van der Waals surface area contributed by atoms with Gasteiger partial charge in [-0.3, -0.25) is 0 Å². The molecular weight excluding hydrogens is 420 g/mol. The highest BCUT2D eigenvalue weighted by Gasteiger charge is 2.34. The Hall–Kier alpha value is -2.10. The number of allylic oxidation sites excluding steroid dienone is 1. The molecule has 0 spiro atoms. The summed E-state index contributed by atoms with van der Waals surface area (Å²) in [5.74, 6) is 3.13. The van der Waals surface area contributed by atoms with E-state index in [1.54, 1.807) is 24.3 Å². The molecule has 1 aliphatic carbocycles. The van der Waals surface area contributed by atoms with Gasteiger partial charge in [-0.15, -0.1) is 10.2 Å². The third-order valence-corrected chi connectivity index (χ3v) is 7.38. The second-order valence-electron chi connectivity index (χ2n) is 10.0. The van der Waals surface area contributed by atoms with E-state index < -0.39 is 5.23 Å². The summed E-state index contributed by atoms with van der Waals surface area (Å²) in [6.07, 6.45) is 5.91. The number of aromatic nitrogens is 2. The standard InChI is InChI=1S/C25H36N4O4/c1-16(2)23-13-19(17(3)12-20(23)15-28-10-8-22(30)9-11-28)14-24-26-27-25(33-24)18-4-6-21(7-5-18)29(31)32/h4-7,12,16,19-20,22-23,29-31H,8-11,13-15H2,1-3H3. The Morgan fingerprint density at radius 2 is 1.88 bits per heavy atom. The average molecular weight is 457 g/mol. The summed E-state index contributed by atoms with van der Waals surface area (Å²) < 4.78 is 5.95. The van der Waals surface area contributed by atoms with Gasteiger partial charge in [-0.2, -0.15) is 5.23 Å². The van der Waals surface area contributed by atoms with E-state index in [9.17, 15) is 10.3 Å². The Labute approximate surface area is 195 Å². The number of rotatable bonds is 7. The van der Waals surface area contributed by atoms with Crippen molar-refractivity contribution in [3.63, 3.8) is 0 Å². The van der Waals surface area contributed by atoms with E-state index >= 15 is 0 Å². The first-order valence-corrected chi connectivity index (χ1v) is 12.0. The number of benzene rings is 1. The first-order valence-electron chi connectivity index (χ1n) is 12.0. The minimum atomic E-state index is -0.955. The van der Waals surface area contributed by atoms with Crippen molar-refractivity contribution in [3.8, 4) is 11.5 Å². The molecule has 0 saturated carbocycles. The van der Waals surface area contributed by atoms with Gasteiger partial charge in [0.2, 0.25) is 11.8 Å². The van der Waals surface area contributed by atoms with E-state index in [1.165, 1.54) is 5.57 Å². The lowest BCUT2D eigenvalue weighted by atomic mass is 9.69. The van der Waals surface area contributed by atoms with Gasteiger partial charge in [-0.05, 0) is 62.0 Å². The molecule has 0 radical (unpaired) electrons. The largest absolute Gasteiger partial charge is 0.595 e. The molecule has 2 heterocycles. The van der Waals surface area contributed by atoms with E-state index in [0.717, 1.165) is 44.5 Å². The molecule has 4 rings (SSSR count). The van der Waals surface area contributed by atoms with Crippen LogP contribution in [0.4, 0.5) is 5.69 Å². The molecule has 1 saturated heterocycles. The summed E-state index contributed by atoms with van der Waals surface area (Å²) in [7, 11) is 0. The van der Waals surface area contributed by atoms with Crippen LogP contribution >= 0.6 is 0 Å². The summed E-state index contributed by atoms with van der Waals surface area (Å²) in [5.41, 5.74) is 2.34. The van der Waals surface area contributed by atoms with Gasteiger partial charge in [-0.1, -0.05) is 25.5 Å². The molecule has 1 aliphatic heterocycles. The zero-order valence-electron chi connectivity index (χ0n) is 19.8. The first kappa shape index (κ1) is 24.0. The van der Waals surface area contributed by atoms with Crippen LogP contribution in [0.3, 0.4) is 0 Å². The molecule has 8 nitrogen and oxygen atoms in total. The number of aliphatic hydroxyl groups excluding tert-OH is 1. The number of quaternary nitrogens is 1. The number of nitrogens with one attached hydrogen (secondary N) is 1. The molecule has 4 unspecified atom stereocenters. The number of hydrogen-bond donors (Lipinski definition) is 3. The number of aliphatic hydroxyl groups is 1. The molecule has 8 heteroatoms. The molecule has 2 aliphatic rings. The monoisotopic (exact) mass is 456 g/mol. The highest BCUT2D eigenvalue weighted by atomic mass is 16.8. The van der Waals surface area contributed by atoms with Crippen molar-refractivity contribution < 1.29 is 20.0 Å². The first-order chi connectivity index (χ1) is 15.8. The van der Waals surface area contributed by atoms with Crippen LogP contribution in [0.5, 0.6) is 0 Å². The van der Waals surface area contributed by atoms with Gasteiger partial charge in [0, 0.05) is 43.8 Å². The van der Waals surface area contributed by atoms with Crippen LogP contribution < -0.4 is 5.23 Å². The molecule has 1 aromatic carbocycles. The fraction of sp³-hybridized carbons (Fsp3) is 0.600. The van der Waals surface area contributed by atoms with Gasteiger partial charge >= 0.3 is 0 Å². The van der Waals surface area contributed by atoms with Crippen molar-refractivity contribution in [2.75, 3.05) is 19.6 Å². The Balaban J connectivity index is 1.43. The van der Waals surface area contributed by atoms with E-state index in [4.69, 9.17) is 9.62 Å². The maximum absolute atomic E-state index is 11.1. The van der Waals surface area contributed by atoms with E-state index in [-0.39, 0.29) is 11.8 Å². The van der Waals surface area contributed by atoms with Crippen LogP contribution in [0, 0.1) is 28.9 Å². The Morgan fingerprint density at radius 3 is 2.52 bits per heavy atom. The molecular formula is C25H36N4O4. The molecule has 1 fully saturated rings. The molecule has 4 atom stereocenters. The van der Waals surface area contributed by atoms with E-state index in [0.29, 0.717) is 41.9 Å². The van der Waals surface area contributed by atoms with Crippen molar-refractivity contribution in [2.45, 2.75) is 52.6 Å². The Bertz CT molecular complexity index is 932. The summed E-state index contributed by atoms with van der Waals surface area (Å²) in [6, 6.07) is 6.49. The highest BCUT2D eigenvalue weighted by Crippen LogP contribution is 2.39. The Kier molecular flexibility index (Phi) is 7.61. The summed E-state index contributed by atoms with van der Waals surface area (Å²) in [5, 5.41) is 37.5. The number of nitrogens with zero attached hydrogens (tertiary/aromatic N) is 3. The third kappa shape index (κ3) is 5.88. The second kappa shape index (κ2) is 10.4. The lowest BCUT2D eigenvalue weighted by Crippen LogP contribution is -2.99. The lowest BCUT2D eigenvalue weighted by Gasteiger charge is -2.40. The average Bonchev–Trinajstić information content (AvgIpc) is 3.25. The number of piperidine rings is 1. The minimum Gasteiger partial charge on any atom is -0.595 e. The van der Waals surface area contributed by atoms with Crippen LogP contribution in [0.25, 0.3) is 11.5 Å². The van der Waals surface area contributed by atoms with Crippen molar-refractivity contribution in [3.05, 3.63) is 47.0 Å². The maximum atomic E-state index is 11.1. The topological polar surface area (TPSA) is 110 Å². The second-order valence-corrected chi connectivity index (χ2v) is 10.0. The molecule has 0 amide bonds. The van der Waals surface area contributed by atoms with Crippen molar-refractivity contribution >= 4 is 5.69 Å². The molecule has 2 aromatic rings. The van der Waals surface area contributed by atoms with Crippen LogP contribution in [-0.4, -0.2) is 51.1 Å². The minimum absolute atomic E-state index is 0.135. The summed E-state index contributed by atoms with van der Waals surface area (Å²) in [4.78, 5) is 2.51. The Morgan fingerprint density at radius 1 is 1.18 bits per heavy atom. The van der Waals surface area contributed by atoms with Gasteiger partial charge in [0.05, 0.1) is 6.10 Å². The third-order valence-electron chi connectivity index (χ3n) is 7.38. The molecule has 1 aromatic heterocycles. The highest BCUT2D eigenvalue weighted by molar-refractivity contribution is 5.55. The van der Waals surface area contributed by atoms with Crippen LogP contribution in [0.1, 0.15) is 45.9 Å². The zero-order valence-corrected chi connectivity index (χ0v) is 19.8. The predicted molar refractivity (Wildman–Crippen MR) is 125 cm³/mol. The van der Waals surface area contributed by atoms with E-state index in [1.807, 2.05) is 0 Å². The molecule has 180 valence electrons. The van der Waals surface area contributed by atoms with E-state index in [2.05, 4.69) is 41.9 Å². The van der Waals surface area contributed by atoms with Crippen molar-refractivity contribution in [1.29, 1.82) is 0 Å². The summed E-state index contributed by atoms with van der Waals surface area (Å²) >= 11 is 0. The van der Waals surface area contributed by atoms with Crippen LogP contribution in [0.2, 0.25) is 0 Å². The molecule has 0 bridgehead atoms. The van der Waals surface area contributed by atoms with Crippen LogP contribution in [0.15, 0.2) is 40.3 Å². The van der Waals surface area contributed by atoms with Gasteiger partial charge in [0.25, 0.3) is 0 Å².